The number of phosphoric acid groups is 1. The van der Waals surface area contributed by atoms with Crippen LogP contribution >= 0.6 is 7.82 Å². The van der Waals surface area contributed by atoms with Gasteiger partial charge in [0.15, 0.2) is 11.5 Å². The standard InChI is InChI=1S/C15H23NO3.H3O4P/c1-4-9-18-14-7-5-6-8-15(14)19-11-13(17)10-16-12(2)3;1-5(2,3)4/h4-8,12-13,16-17H,1,9-11H2,2-3H3;(H3,1,2,3,4)/t13-;/m0./s1. The van der Waals surface area contributed by atoms with Crippen molar-refractivity contribution >= 4 is 7.82 Å². The van der Waals surface area contributed by atoms with Crippen molar-refractivity contribution in [3.63, 3.8) is 0 Å². The van der Waals surface area contributed by atoms with Crippen LogP contribution in [0.1, 0.15) is 13.8 Å². The molecule has 1 rings (SSSR count). The third kappa shape index (κ3) is 14.2. The first kappa shape index (κ1) is 22.6. The number of nitrogens with one attached hydrogen (secondary N) is 1. The fourth-order valence-electron chi connectivity index (χ4n) is 1.45. The number of para-hydroxylation sites is 2. The van der Waals surface area contributed by atoms with E-state index in [1.54, 1.807) is 6.08 Å². The number of ether oxygens (including phenoxy) is 2. The first-order chi connectivity index (χ1) is 11.1. The molecule has 0 aliphatic heterocycles. The predicted octanol–water partition coefficient (Wildman–Crippen LogP) is 1.06. The largest absolute Gasteiger partial charge is 0.487 e. The van der Waals surface area contributed by atoms with Gasteiger partial charge in [0.25, 0.3) is 0 Å². The second-order valence-electron chi connectivity index (χ2n) is 5.09. The molecule has 138 valence electrons. The van der Waals surface area contributed by atoms with Crippen LogP contribution in [0.5, 0.6) is 11.5 Å². The van der Waals surface area contributed by atoms with Gasteiger partial charge in [-0.25, -0.2) is 4.57 Å². The smallest absolute Gasteiger partial charge is 0.466 e. The van der Waals surface area contributed by atoms with Crippen LogP contribution in [-0.4, -0.2) is 51.7 Å². The van der Waals surface area contributed by atoms with Crippen LogP contribution in [0.15, 0.2) is 36.9 Å². The molecule has 8 nitrogen and oxygen atoms in total. The minimum Gasteiger partial charge on any atom is -0.487 e. The Morgan fingerprint density at radius 2 is 1.71 bits per heavy atom. The summed E-state index contributed by atoms with van der Waals surface area (Å²) in [5, 5.41) is 12.9. The van der Waals surface area contributed by atoms with Crippen LogP contribution in [0.3, 0.4) is 0 Å². The molecule has 0 bridgehead atoms. The Hall–Kier alpha value is -1.41. The fourth-order valence-corrected chi connectivity index (χ4v) is 1.45. The molecule has 0 amide bonds. The zero-order chi connectivity index (χ0) is 18.6. The van der Waals surface area contributed by atoms with Crippen molar-refractivity contribution in [2.45, 2.75) is 26.0 Å². The summed E-state index contributed by atoms with van der Waals surface area (Å²) < 4.78 is 19.9. The lowest BCUT2D eigenvalue weighted by Gasteiger charge is -2.16. The average Bonchev–Trinajstić information content (AvgIpc) is 2.48. The number of aliphatic hydroxyl groups excluding tert-OH is 1. The highest BCUT2D eigenvalue weighted by Crippen LogP contribution is 2.26. The third-order valence-corrected chi connectivity index (χ3v) is 2.40. The van der Waals surface area contributed by atoms with Crippen molar-refractivity contribution in [2.75, 3.05) is 19.8 Å². The molecular weight excluding hydrogens is 337 g/mol. The molecule has 0 saturated heterocycles. The van der Waals surface area contributed by atoms with Gasteiger partial charge in [-0.2, -0.15) is 0 Å². The lowest BCUT2D eigenvalue weighted by atomic mass is 10.3. The molecule has 0 aromatic heterocycles. The van der Waals surface area contributed by atoms with Gasteiger partial charge in [0.1, 0.15) is 19.3 Å². The maximum Gasteiger partial charge on any atom is 0.466 e. The molecule has 0 aliphatic rings. The highest BCUT2D eigenvalue weighted by Gasteiger charge is 2.08. The maximum absolute atomic E-state index is 9.78. The van der Waals surface area contributed by atoms with Gasteiger partial charge in [-0.15, -0.1) is 0 Å². The monoisotopic (exact) mass is 363 g/mol. The molecule has 0 aliphatic carbocycles. The Morgan fingerprint density at radius 3 is 2.17 bits per heavy atom. The molecule has 9 heteroatoms. The molecule has 1 aromatic carbocycles. The Balaban J connectivity index is 0.000000922. The van der Waals surface area contributed by atoms with Gasteiger partial charge < -0.3 is 34.6 Å². The normalized spacial score (nSPS) is 12.1. The van der Waals surface area contributed by atoms with Gasteiger partial charge in [-0.3, -0.25) is 0 Å². The Kier molecular flexibility index (Phi) is 11.3. The molecule has 0 saturated carbocycles. The van der Waals surface area contributed by atoms with E-state index in [1.165, 1.54) is 0 Å². The van der Waals surface area contributed by atoms with Crippen LogP contribution in [0.2, 0.25) is 0 Å². The number of hydrogen-bond donors (Lipinski definition) is 5. The van der Waals surface area contributed by atoms with Gasteiger partial charge in [0, 0.05) is 12.6 Å². The molecular formula is C15H26NO7P. The van der Waals surface area contributed by atoms with Crippen LogP contribution in [0.25, 0.3) is 0 Å². The van der Waals surface area contributed by atoms with Gasteiger partial charge in [-0.1, -0.05) is 38.6 Å². The number of rotatable bonds is 9. The van der Waals surface area contributed by atoms with E-state index >= 15 is 0 Å². The lowest BCUT2D eigenvalue weighted by molar-refractivity contribution is 0.102. The number of benzene rings is 1. The van der Waals surface area contributed by atoms with E-state index in [9.17, 15) is 5.11 Å². The molecule has 0 fully saturated rings. The Labute approximate surface area is 142 Å². The number of hydrogen-bond acceptors (Lipinski definition) is 5. The second kappa shape index (κ2) is 12.0. The van der Waals surface area contributed by atoms with E-state index in [-0.39, 0.29) is 6.61 Å². The van der Waals surface area contributed by atoms with Crippen LogP contribution < -0.4 is 14.8 Å². The topological polar surface area (TPSA) is 128 Å². The first-order valence-electron chi connectivity index (χ1n) is 7.28. The van der Waals surface area contributed by atoms with Crippen molar-refractivity contribution in [3.8, 4) is 11.5 Å². The third-order valence-electron chi connectivity index (χ3n) is 2.40. The molecule has 0 spiro atoms. The van der Waals surface area contributed by atoms with Gasteiger partial charge in [-0.05, 0) is 12.1 Å². The molecule has 24 heavy (non-hydrogen) atoms. The van der Waals surface area contributed by atoms with Crippen molar-refractivity contribution in [1.82, 2.24) is 5.32 Å². The van der Waals surface area contributed by atoms with Crippen LogP contribution in [-0.2, 0) is 4.57 Å². The Morgan fingerprint density at radius 1 is 1.21 bits per heavy atom. The van der Waals surface area contributed by atoms with E-state index in [0.29, 0.717) is 30.7 Å². The minimum absolute atomic E-state index is 0.230. The quantitative estimate of drug-likeness (QED) is 0.325. The van der Waals surface area contributed by atoms with Crippen molar-refractivity contribution < 1.29 is 33.8 Å². The summed E-state index contributed by atoms with van der Waals surface area (Å²) in [6.45, 7) is 8.84. The fraction of sp³-hybridized carbons (Fsp3) is 0.467. The summed E-state index contributed by atoms with van der Waals surface area (Å²) in [5.74, 6) is 1.29. The predicted molar refractivity (Wildman–Crippen MR) is 91.0 cm³/mol. The summed E-state index contributed by atoms with van der Waals surface area (Å²) in [5.41, 5.74) is 0. The zero-order valence-electron chi connectivity index (χ0n) is 13.8. The van der Waals surface area contributed by atoms with Gasteiger partial charge >= 0.3 is 7.82 Å². The average molecular weight is 363 g/mol. The summed E-state index contributed by atoms with van der Waals surface area (Å²) >= 11 is 0. The van der Waals surface area contributed by atoms with Crippen molar-refractivity contribution in [2.24, 2.45) is 0 Å². The molecule has 0 heterocycles. The summed E-state index contributed by atoms with van der Waals surface area (Å²) in [6.07, 6.45) is 1.13. The second-order valence-corrected chi connectivity index (χ2v) is 6.11. The van der Waals surface area contributed by atoms with Crippen LogP contribution in [0, 0.1) is 0 Å². The van der Waals surface area contributed by atoms with Crippen LogP contribution in [0.4, 0.5) is 0 Å². The van der Waals surface area contributed by atoms with Crippen molar-refractivity contribution in [1.29, 1.82) is 0 Å². The van der Waals surface area contributed by atoms with E-state index in [2.05, 4.69) is 11.9 Å². The van der Waals surface area contributed by atoms with E-state index in [1.807, 2.05) is 38.1 Å². The van der Waals surface area contributed by atoms with E-state index < -0.39 is 13.9 Å². The summed E-state index contributed by atoms with van der Waals surface area (Å²) in [6, 6.07) is 7.74. The molecule has 0 unspecified atom stereocenters. The van der Waals surface area contributed by atoms with Crippen molar-refractivity contribution in [3.05, 3.63) is 36.9 Å². The SMILES string of the molecule is C=CCOc1ccccc1OC[C@@H](O)CNC(C)C.O=P(O)(O)O. The molecule has 1 aromatic rings. The van der Waals surface area contributed by atoms with Gasteiger partial charge in [0.05, 0.1) is 0 Å². The molecule has 5 N–H and O–H groups in total. The first-order valence-corrected chi connectivity index (χ1v) is 8.85. The minimum atomic E-state index is -4.64. The highest BCUT2D eigenvalue weighted by atomic mass is 31.2. The number of aliphatic hydroxyl groups is 1. The molecule has 1 atom stereocenters. The summed E-state index contributed by atoms with van der Waals surface area (Å²) in [4.78, 5) is 21.6. The lowest BCUT2D eigenvalue weighted by Crippen LogP contribution is -2.35. The Bertz CT molecular complexity index is 510. The van der Waals surface area contributed by atoms with E-state index in [0.717, 1.165) is 0 Å². The summed E-state index contributed by atoms with van der Waals surface area (Å²) in [7, 11) is -4.64. The highest BCUT2D eigenvalue weighted by molar-refractivity contribution is 7.45. The maximum atomic E-state index is 9.78. The van der Waals surface area contributed by atoms with E-state index in [4.69, 9.17) is 28.7 Å². The zero-order valence-corrected chi connectivity index (χ0v) is 14.7. The van der Waals surface area contributed by atoms with Gasteiger partial charge in [0.2, 0.25) is 0 Å². The molecule has 0 radical (unpaired) electrons.